The summed E-state index contributed by atoms with van der Waals surface area (Å²) >= 11 is 0. The van der Waals surface area contributed by atoms with Crippen LogP contribution in [0.4, 0.5) is 0 Å². The lowest BCUT2D eigenvalue weighted by atomic mass is 10.2. The van der Waals surface area contributed by atoms with Crippen molar-refractivity contribution in [3.8, 4) is 5.75 Å². The zero-order valence-electron chi connectivity index (χ0n) is 10.9. The molecule has 0 fully saturated rings. The fourth-order valence-corrected chi connectivity index (χ4v) is 1.72. The van der Waals surface area contributed by atoms with Gasteiger partial charge in [0.15, 0.2) is 0 Å². The number of aromatic hydroxyl groups is 1. The minimum Gasteiger partial charge on any atom is -0.508 e. The summed E-state index contributed by atoms with van der Waals surface area (Å²) in [6.45, 7) is 2.33. The van der Waals surface area contributed by atoms with E-state index < -0.39 is 0 Å². The normalized spacial score (nSPS) is 10.4. The highest BCUT2D eigenvalue weighted by Gasteiger charge is 2.17. The predicted molar refractivity (Wildman–Crippen MR) is 69.7 cm³/mol. The number of phenolic OH excluding ortho intramolecular Hbond substituents is 1. The monoisotopic (exact) mass is 260 g/mol. The number of nitrogens with zero attached hydrogens (tertiary/aromatic N) is 3. The highest BCUT2D eigenvalue weighted by Crippen LogP contribution is 2.13. The molecule has 0 bridgehead atoms. The third-order valence-electron chi connectivity index (χ3n) is 2.73. The van der Waals surface area contributed by atoms with Crippen molar-refractivity contribution in [3.05, 3.63) is 41.5 Å². The van der Waals surface area contributed by atoms with E-state index in [1.807, 2.05) is 13.0 Å². The highest BCUT2D eigenvalue weighted by atomic mass is 16.3. The van der Waals surface area contributed by atoms with E-state index in [9.17, 15) is 9.90 Å². The SMILES string of the molecule is CCc1nc(C(=O)N(C)Cc2cccc(O)c2)n[nH]1. The van der Waals surface area contributed by atoms with Crippen molar-refractivity contribution in [1.82, 2.24) is 20.1 Å². The second-order valence-electron chi connectivity index (χ2n) is 4.29. The Morgan fingerprint density at radius 3 is 2.89 bits per heavy atom. The number of hydrogen-bond donors (Lipinski definition) is 2. The van der Waals surface area contributed by atoms with Crippen LogP contribution in [0.2, 0.25) is 0 Å². The van der Waals surface area contributed by atoms with Crippen molar-refractivity contribution in [3.63, 3.8) is 0 Å². The topological polar surface area (TPSA) is 82.1 Å². The first kappa shape index (κ1) is 13.1. The number of carbonyl (C=O) groups is 1. The van der Waals surface area contributed by atoms with E-state index >= 15 is 0 Å². The molecule has 0 unspecified atom stereocenters. The molecule has 19 heavy (non-hydrogen) atoms. The summed E-state index contributed by atoms with van der Waals surface area (Å²) in [7, 11) is 1.67. The first-order chi connectivity index (χ1) is 9.10. The standard InChI is InChI=1S/C13H16N4O2/c1-3-11-14-12(16-15-11)13(19)17(2)8-9-5-4-6-10(18)7-9/h4-7,18H,3,8H2,1-2H3,(H,14,15,16). The Bertz CT molecular complexity index is 580. The minimum atomic E-state index is -0.251. The van der Waals surface area contributed by atoms with Gasteiger partial charge in [-0.1, -0.05) is 19.1 Å². The van der Waals surface area contributed by atoms with Gasteiger partial charge in [-0.05, 0) is 17.7 Å². The van der Waals surface area contributed by atoms with Gasteiger partial charge in [0.1, 0.15) is 11.6 Å². The van der Waals surface area contributed by atoms with Crippen LogP contribution in [-0.2, 0) is 13.0 Å². The molecule has 2 rings (SSSR count). The van der Waals surface area contributed by atoms with Gasteiger partial charge in [0.25, 0.3) is 5.91 Å². The maximum Gasteiger partial charge on any atom is 0.293 e. The van der Waals surface area contributed by atoms with E-state index in [0.29, 0.717) is 18.8 Å². The molecule has 6 heteroatoms. The lowest BCUT2D eigenvalue weighted by molar-refractivity contribution is 0.0773. The average Bonchev–Trinajstić information content (AvgIpc) is 2.86. The fraction of sp³-hybridized carbons (Fsp3) is 0.308. The maximum atomic E-state index is 12.1. The number of aromatic amines is 1. The largest absolute Gasteiger partial charge is 0.508 e. The molecule has 0 spiro atoms. The van der Waals surface area contributed by atoms with E-state index in [1.54, 1.807) is 25.2 Å². The van der Waals surface area contributed by atoms with Gasteiger partial charge in [-0.25, -0.2) is 4.98 Å². The fourth-order valence-electron chi connectivity index (χ4n) is 1.72. The number of amides is 1. The number of carbonyl (C=O) groups excluding carboxylic acids is 1. The molecule has 0 radical (unpaired) electrons. The number of hydrogen-bond acceptors (Lipinski definition) is 4. The Morgan fingerprint density at radius 2 is 2.26 bits per heavy atom. The Kier molecular flexibility index (Phi) is 3.79. The van der Waals surface area contributed by atoms with E-state index in [1.165, 1.54) is 4.90 Å². The van der Waals surface area contributed by atoms with Crippen LogP contribution in [0.5, 0.6) is 5.75 Å². The van der Waals surface area contributed by atoms with Gasteiger partial charge >= 0.3 is 0 Å². The predicted octanol–water partition coefficient (Wildman–Crippen LogP) is 1.34. The van der Waals surface area contributed by atoms with Crippen LogP contribution < -0.4 is 0 Å². The van der Waals surface area contributed by atoms with E-state index in [0.717, 1.165) is 5.56 Å². The molecule has 0 saturated heterocycles. The molecule has 2 N–H and O–H groups in total. The molecule has 0 atom stereocenters. The molecule has 1 amide bonds. The quantitative estimate of drug-likeness (QED) is 0.869. The van der Waals surface area contributed by atoms with E-state index in [2.05, 4.69) is 15.2 Å². The second kappa shape index (κ2) is 5.51. The summed E-state index contributed by atoms with van der Waals surface area (Å²) < 4.78 is 0. The number of aromatic nitrogens is 3. The number of H-pyrrole nitrogens is 1. The lowest BCUT2D eigenvalue weighted by Crippen LogP contribution is -2.27. The average molecular weight is 260 g/mol. The minimum absolute atomic E-state index is 0.166. The first-order valence-electron chi connectivity index (χ1n) is 6.04. The van der Waals surface area contributed by atoms with E-state index in [-0.39, 0.29) is 17.5 Å². The number of aryl methyl sites for hydroxylation is 1. The first-order valence-corrected chi connectivity index (χ1v) is 6.04. The van der Waals surface area contributed by atoms with Crippen molar-refractivity contribution < 1.29 is 9.90 Å². The highest BCUT2D eigenvalue weighted by molar-refractivity contribution is 5.90. The Hall–Kier alpha value is -2.37. The molecule has 6 nitrogen and oxygen atoms in total. The molecule has 0 saturated carbocycles. The van der Waals surface area contributed by atoms with Crippen molar-refractivity contribution in [2.75, 3.05) is 7.05 Å². The third-order valence-corrected chi connectivity index (χ3v) is 2.73. The maximum absolute atomic E-state index is 12.1. The van der Waals surface area contributed by atoms with Gasteiger partial charge < -0.3 is 10.0 Å². The smallest absolute Gasteiger partial charge is 0.293 e. The molecule has 1 aromatic carbocycles. The number of nitrogens with one attached hydrogen (secondary N) is 1. The van der Waals surface area contributed by atoms with Gasteiger partial charge in [0.05, 0.1) is 0 Å². The summed E-state index contributed by atoms with van der Waals surface area (Å²) in [6, 6.07) is 6.80. The number of rotatable bonds is 4. The number of phenols is 1. The molecule has 100 valence electrons. The van der Waals surface area contributed by atoms with Crippen LogP contribution in [0.1, 0.15) is 28.9 Å². The molecular weight excluding hydrogens is 244 g/mol. The summed E-state index contributed by atoms with van der Waals surface area (Å²) in [5.41, 5.74) is 0.849. The van der Waals surface area contributed by atoms with Gasteiger partial charge in [-0.15, -0.1) is 5.10 Å². The van der Waals surface area contributed by atoms with Gasteiger partial charge in [-0.3, -0.25) is 9.89 Å². The van der Waals surface area contributed by atoms with Gasteiger partial charge in [-0.2, -0.15) is 0 Å². The van der Waals surface area contributed by atoms with Crippen LogP contribution in [0, 0.1) is 0 Å². The Balaban J connectivity index is 2.07. The Labute approximate surface area is 111 Å². The molecular formula is C13H16N4O2. The Morgan fingerprint density at radius 1 is 1.47 bits per heavy atom. The second-order valence-corrected chi connectivity index (χ2v) is 4.29. The molecule has 1 heterocycles. The van der Waals surface area contributed by atoms with Crippen molar-refractivity contribution >= 4 is 5.91 Å². The summed E-state index contributed by atoms with van der Waals surface area (Å²) in [4.78, 5) is 17.7. The lowest BCUT2D eigenvalue weighted by Gasteiger charge is -2.15. The van der Waals surface area contributed by atoms with Gasteiger partial charge in [0, 0.05) is 20.0 Å². The zero-order valence-corrected chi connectivity index (χ0v) is 10.9. The summed E-state index contributed by atoms with van der Waals surface area (Å²) in [5.74, 6) is 0.789. The van der Waals surface area contributed by atoms with Crippen molar-refractivity contribution in [1.29, 1.82) is 0 Å². The molecule has 2 aromatic rings. The summed E-state index contributed by atoms with van der Waals surface area (Å²) in [6.07, 6.45) is 0.705. The summed E-state index contributed by atoms with van der Waals surface area (Å²) in [5, 5.41) is 16.0. The van der Waals surface area contributed by atoms with Crippen molar-refractivity contribution in [2.45, 2.75) is 19.9 Å². The molecule has 0 aliphatic carbocycles. The van der Waals surface area contributed by atoms with Crippen LogP contribution in [0.3, 0.4) is 0 Å². The third kappa shape index (κ3) is 3.09. The van der Waals surface area contributed by atoms with Crippen LogP contribution in [0.15, 0.2) is 24.3 Å². The van der Waals surface area contributed by atoms with Crippen LogP contribution in [0.25, 0.3) is 0 Å². The zero-order chi connectivity index (χ0) is 13.8. The van der Waals surface area contributed by atoms with Crippen LogP contribution >= 0.6 is 0 Å². The van der Waals surface area contributed by atoms with Gasteiger partial charge in [0.2, 0.25) is 5.82 Å². The van der Waals surface area contributed by atoms with Crippen molar-refractivity contribution in [2.24, 2.45) is 0 Å². The molecule has 1 aromatic heterocycles. The van der Waals surface area contributed by atoms with E-state index in [4.69, 9.17) is 0 Å². The molecule has 0 aliphatic rings. The van der Waals surface area contributed by atoms with Crippen LogP contribution in [-0.4, -0.2) is 38.1 Å². The number of benzene rings is 1. The molecule has 0 aliphatic heterocycles.